The van der Waals surface area contributed by atoms with Crippen LogP contribution in [0.4, 0.5) is 0 Å². The maximum Gasteiger partial charge on any atom is 0.260 e. The molecule has 6 heteroatoms. The Bertz CT molecular complexity index is 835. The predicted octanol–water partition coefficient (Wildman–Crippen LogP) is 3.15. The van der Waals surface area contributed by atoms with E-state index in [9.17, 15) is 9.59 Å². The second-order valence-corrected chi connectivity index (χ2v) is 7.06. The Morgan fingerprint density at radius 3 is 2.17 bits per heavy atom. The molecule has 1 heterocycles. The number of rotatable bonds is 6. The Balaban J connectivity index is 1.54. The first-order valence-electron chi connectivity index (χ1n) is 10.1. The van der Waals surface area contributed by atoms with Crippen LogP contribution >= 0.6 is 0 Å². The average Bonchev–Trinajstić information content (AvgIpc) is 2.99. The highest BCUT2D eigenvalue weighted by Gasteiger charge is 2.23. The van der Waals surface area contributed by atoms with E-state index in [-0.39, 0.29) is 18.4 Å². The molecule has 0 spiro atoms. The van der Waals surface area contributed by atoms with Gasteiger partial charge in [-0.1, -0.05) is 29.8 Å². The first kappa shape index (κ1) is 20.7. The molecule has 1 saturated heterocycles. The van der Waals surface area contributed by atoms with E-state index in [0.29, 0.717) is 49.8 Å². The van der Waals surface area contributed by atoms with Gasteiger partial charge in [-0.15, -0.1) is 0 Å². The fraction of sp³-hybridized carbons (Fsp3) is 0.391. The molecule has 0 bridgehead atoms. The van der Waals surface area contributed by atoms with Crippen molar-refractivity contribution in [1.29, 1.82) is 0 Å². The van der Waals surface area contributed by atoms with E-state index in [1.54, 1.807) is 11.0 Å². The van der Waals surface area contributed by atoms with Crippen LogP contribution in [0.15, 0.2) is 48.5 Å². The number of amides is 2. The maximum atomic E-state index is 12.7. The lowest BCUT2D eigenvalue weighted by Gasteiger charge is -2.22. The number of ether oxygens (including phenoxy) is 2. The minimum atomic E-state index is -0.0825. The van der Waals surface area contributed by atoms with Crippen LogP contribution in [0.1, 0.15) is 29.3 Å². The van der Waals surface area contributed by atoms with Gasteiger partial charge in [-0.05, 0) is 44.5 Å². The molecule has 0 unspecified atom stereocenters. The number of carbonyl (C=O) groups excluding carboxylic acids is 2. The number of nitrogens with zero attached hydrogens (tertiary/aromatic N) is 2. The molecule has 2 aromatic carbocycles. The van der Waals surface area contributed by atoms with Crippen molar-refractivity contribution in [3.8, 4) is 11.5 Å². The van der Waals surface area contributed by atoms with E-state index in [4.69, 9.17) is 9.47 Å². The normalized spacial score (nSPS) is 14.3. The molecule has 0 saturated carbocycles. The summed E-state index contributed by atoms with van der Waals surface area (Å²) in [5.74, 6) is 1.13. The van der Waals surface area contributed by atoms with Crippen molar-refractivity contribution in [2.24, 2.45) is 0 Å². The van der Waals surface area contributed by atoms with Crippen molar-refractivity contribution < 1.29 is 19.1 Å². The molecule has 0 aliphatic carbocycles. The zero-order valence-electron chi connectivity index (χ0n) is 17.1. The molecule has 0 radical (unpaired) electrons. The topological polar surface area (TPSA) is 59.1 Å². The monoisotopic (exact) mass is 396 g/mol. The molecule has 2 amide bonds. The smallest absolute Gasteiger partial charge is 0.260 e. The SMILES string of the molecule is CCOc1ccccc1OCC(=O)N1CCCN(C(=O)c2ccc(C)cc2)CC1. The Labute approximate surface area is 172 Å². The third kappa shape index (κ3) is 5.50. The van der Waals surface area contributed by atoms with Gasteiger partial charge in [0, 0.05) is 31.7 Å². The molecule has 0 N–H and O–H groups in total. The van der Waals surface area contributed by atoms with Crippen LogP contribution in [0.5, 0.6) is 11.5 Å². The first-order chi connectivity index (χ1) is 14.1. The zero-order chi connectivity index (χ0) is 20.6. The van der Waals surface area contributed by atoms with Gasteiger partial charge in [0.15, 0.2) is 18.1 Å². The lowest BCUT2D eigenvalue weighted by atomic mass is 10.1. The van der Waals surface area contributed by atoms with Gasteiger partial charge in [0.25, 0.3) is 11.8 Å². The Morgan fingerprint density at radius 2 is 1.48 bits per heavy atom. The summed E-state index contributed by atoms with van der Waals surface area (Å²) in [6.07, 6.45) is 0.749. The number of aryl methyl sites for hydroxylation is 1. The highest BCUT2D eigenvalue weighted by atomic mass is 16.5. The zero-order valence-corrected chi connectivity index (χ0v) is 17.1. The van der Waals surface area contributed by atoms with Gasteiger partial charge in [0.05, 0.1) is 6.61 Å². The number of hydrogen-bond donors (Lipinski definition) is 0. The molecule has 1 aliphatic rings. The van der Waals surface area contributed by atoms with Gasteiger partial charge >= 0.3 is 0 Å². The molecule has 1 aliphatic heterocycles. The number of para-hydroxylation sites is 2. The highest BCUT2D eigenvalue weighted by molar-refractivity contribution is 5.94. The average molecular weight is 396 g/mol. The minimum Gasteiger partial charge on any atom is -0.490 e. The van der Waals surface area contributed by atoms with Crippen LogP contribution in [0.25, 0.3) is 0 Å². The Kier molecular flexibility index (Phi) is 7.11. The Hall–Kier alpha value is -3.02. The Morgan fingerprint density at radius 1 is 0.862 bits per heavy atom. The van der Waals surface area contributed by atoms with Crippen molar-refractivity contribution in [3.63, 3.8) is 0 Å². The van der Waals surface area contributed by atoms with Crippen LogP contribution in [0.2, 0.25) is 0 Å². The summed E-state index contributed by atoms with van der Waals surface area (Å²) >= 11 is 0. The van der Waals surface area contributed by atoms with Crippen LogP contribution in [-0.2, 0) is 4.79 Å². The number of hydrogen-bond acceptors (Lipinski definition) is 4. The first-order valence-corrected chi connectivity index (χ1v) is 10.1. The van der Waals surface area contributed by atoms with Gasteiger partial charge < -0.3 is 19.3 Å². The summed E-state index contributed by atoms with van der Waals surface area (Å²) < 4.78 is 11.2. The quantitative estimate of drug-likeness (QED) is 0.753. The van der Waals surface area contributed by atoms with Crippen molar-refractivity contribution >= 4 is 11.8 Å². The molecule has 154 valence electrons. The van der Waals surface area contributed by atoms with Gasteiger partial charge in [-0.25, -0.2) is 0 Å². The third-order valence-electron chi connectivity index (χ3n) is 4.93. The molecular formula is C23H28N2O4. The van der Waals surface area contributed by atoms with Gasteiger partial charge in [-0.2, -0.15) is 0 Å². The van der Waals surface area contributed by atoms with Crippen LogP contribution in [-0.4, -0.2) is 61.0 Å². The van der Waals surface area contributed by atoms with E-state index < -0.39 is 0 Å². The second-order valence-electron chi connectivity index (χ2n) is 7.06. The minimum absolute atomic E-state index is 0.0150. The van der Waals surface area contributed by atoms with Crippen molar-refractivity contribution in [1.82, 2.24) is 9.80 Å². The fourth-order valence-electron chi connectivity index (χ4n) is 3.32. The van der Waals surface area contributed by atoms with Crippen molar-refractivity contribution in [2.75, 3.05) is 39.4 Å². The predicted molar refractivity (Wildman–Crippen MR) is 111 cm³/mol. The molecule has 0 aromatic heterocycles. The van der Waals surface area contributed by atoms with E-state index >= 15 is 0 Å². The molecule has 0 atom stereocenters. The maximum absolute atomic E-state index is 12.7. The third-order valence-corrected chi connectivity index (χ3v) is 4.93. The molecule has 6 nitrogen and oxygen atoms in total. The molecule has 29 heavy (non-hydrogen) atoms. The van der Waals surface area contributed by atoms with Crippen molar-refractivity contribution in [3.05, 3.63) is 59.7 Å². The van der Waals surface area contributed by atoms with Gasteiger partial charge in [0.2, 0.25) is 0 Å². The number of benzene rings is 2. The summed E-state index contributed by atoms with van der Waals surface area (Å²) in [4.78, 5) is 29.0. The van der Waals surface area contributed by atoms with Crippen LogP contribution in [0, 0.1) is 6.92 Å². The molecule has 3 rings (SSSR count). The van der Waals surface area contributed by atoms with Crippen molar-refractivity contribution in [2.45, 2.75) is 20.3 Å². The number of carbonyl (C=O) groups is 2. The summed E-state index contributed by atoms with van der Waals surface area (Å²) in [7, 11) is 0. The van der Waals surface area contributed by atoms with E-state index in [1.165, 1.54) is 0 Å². The van der Waals surface area contributed by atoms with Crippen LogP contribution in [0.3, 0.4) is 0 Å². The van der Waals surface area contributed by atoms with E-state index in [0.717, 1.165) is 12.0 Å². The fourth-order valence-corrected chi connectivity index (χ4v) is 3.32. The lowest BCUT2D eigenvalue weighted by Crippen LogP contribution is -2.39. The van der Waals surface area contributed by atoms with Crippen LogP contribution < -0.4 is 9.47 Å². The highest BCUT2D eigenvalue weighted by Crippen LogP contribution is 2.26. The van der Waals surface area contributed by atoms with E-state index in [1.807, 2.05) is 61.2 Å². The van der Waals surface area contributed by atoms with E-state index in [2.05, 4.69) is 0 Å². The second kappa shape index (κ2) is 9.96. The summed E-state index contributed by atoms with van der Waals surface area (Å²) in [6.45, 7) is 6.68. The summed E-state index contributed by atoms with van der Waals surface area (Å²) in [5.41, 5.74) is 1.81. The van der Waals surface area contributed by atoms with Gasteiger partial charge in [-0.3, -0.25) is 9.59 Å². The molecule has 1 fully saturated rings. The summed E-state index contributed by atoms with van der Waals surface area (Å²) in [5, 5.41) is 0. The largest absolute Gasteiger partial charge is 0.490 e. The molecule has 2 aromatic rings. The van der Waals surface area contributed by atoms with Gasteiger partial charge in [0.1, 0.15) is 0 Å². The summed E-state index contributed by atoms with van der Waals surface area (Å²) in [6, 6.07) is 14.9. The standard InChI is InChI=1S/C23H28N2O4/c1-3-28-20-7-4-5-8-21(20)29-17-22(26)24-13-6-14-25(16-15-24)23(27)19-11-9-18(2)10-12-19/h4-5,7-12H,3,6,13-17H2,1-2H3. The molecular weight excluding hydrogens is 368 g/mol. The lowest BCUT2D eigenvalue weighted by molar-refractivity contribution is -0.133.